The van der Waals surface area contributed by atoms with Gasteiger partial charge in [-0.25, -0.2) is 13.1 Å². The molecule has 1 N–H and O–H groups in total. The van der Waals surface area contributed by atoms with Crippen molar-refractivity contribution in [3.05, 3.63) is 75.4 Å². The van der Waals surface area contributed by atoms with Crippen molar-refractivity contribution >= 4 is 44.8 Å². The molecule has 1 aliphatic rings. The molecule has 0 saturated heterocycles. The second-order valence-electron chi connectivity index (χ2n) is 6.55. The van der Waals surface area contributed by atoms with Crippen LogP contribution in [0.2, 0.25) is 10.0 Å². The van der Waals surface area contributed by atoms with Gasteiger partial charge in [-0.3, -0.25) is 4.79 Å². The molecule has 3 aromatic rings. The molecule has 4 rings (SSSR count). The summed E-state index contributed by atoms with van der Waals surface area (Å²) in [5, 5.41) is 8.35. The van der Waals surface area contributed by atoms with Crippen molar-refractivity contribution in [3.63, 3.8) is 0 Å². The number of halogens is 2. The van der Waals surface area contributed by atoms with Crippen molar-refractivity contribution in [3.8, 4) is 5.69 Å². The van der Waals surface area contributed by atoms with Gasteiger partial charge in [-0.2, -0.15) is 5.10 Å². The molecule has 1 amide bonds. The summed E-state index contributed by atoms with van der Waals surface area (Å²) in [5.41, 5.74) is 2.40. The van der Waals surface area contributed by atoms with Crippen LogP contribution in [0.15, 0.2) is 48.5 Å². The minimum absolute atomic E-state index is 0.124. The van der Waals surface area contributed by atoms with Gasteiger partial charge < -0.3 is 5.32 Å². The Morgan fingerprint density at radius 1 is 1.07 bits per heavy atom. The van der Waals surface area contributed by atoms with Crippen molar-refractivity contribution in [2.24, 2.45) is 0 Å². The summed E-state index contributed by atoms with van der Waals surface area (Å²) in [6, 6.07) is 13.9. The molecule has 28 heavy (non-hydrogen) atoms. The van der Waals surface area contributed by atoms with E-state index in [2.05, 4.69) is 10.4 Å². The minimum atomic E-state index is -3.26. The van der Waals surface area contributed by atoms with Crippen LogP contribution in [-0.2, 0) is 32.6 Å². The van der Waals surface area contributed by atoms with E-state index < -0.39 is 9.84 Å². The molecule has 0 fully saturated rings. The number of hydrogen-bond acceptors (Lipinski definition) is 4. The number of nitrogens with one attached hydrogen (secondary N) is 1. The zero-order valence-electron chi connectivity index (χ0n) is 14.5. The molecule has 0 saturated carbocycles. The van der Waals surface area contributed by atoms with E-state index in [4.69, 9.17) is 23.2 Å². The number of rotatable bonds is 4. The van der Waals surface area contributed by atoms with Crippen LogP contribution in [0.1, 0.15) is 16.8 Å². The normalized spacial score (nSPS) is 14.6. The predicted molar refractivity (Wildman–Crippen MR) is 109 cm³/mol. The smallest absolute Gasteiger partial charge is 0.229 e. The van der Waals surface area contributed by atoms with E-state index in [0.29, 0.717) is 32.8 Å². The third-order valence-corrected chi connectivity index (χ3v) is 6.30. The molecule has 0 atom stereocenters. The summed E-state index contributed by atoms with van der Waals surface area (Å²) in [4.78, 5) is 12.6. The number of benzene rings is 2. The van der Waals surface area contributed by atoms with E-state index in [1.807, 2.05) is 0 Å². The lowest BCUT2D eigenvalue weighted by atomic mass is 10.1. The van der Waals surface area contributed by atoms with Crippen molar-refractivity contribution in [2.45, 2.75) is 17.9 Å². The van der Waals surface area contributed by atoms with Gasteiger partial charge in [0.05, 0.1) is 29.3 Å². The molecule has 2 heterocycles. The first-order valence-corrected chi connectivity index (χ1v) is 11.0. The molecule has 6 nitrogen and oxygen atoms in total. The van der Waals surface area contributed by atoms with Gasteiger partial charge in [0.2, 0.25) is 5.91 Å². The molecular weight excluding hydrogens is 421 g/mol. The topological polar surface area (TPSA) is 81.1 Å². The molecule has 1 aromatic heterocycles. The molecular formula is C19H15Cl2N3O3S. The number of amides is 1. The van der Waals surface area contributed by atoms with Crippen LogP contribution in [0.25, 0.3) is 5.69 Å². The third kappa shape index (κ3) is 3.92. The van der Waals surface area contributed by atoms with Gasteiger partial charge in [-0.15, -0.1) is 0 Å². The third-order valence-electron chi connectivity index (χ3n) is 4.38. The molecule has 0 bridgehead atoms. The van der Waals surface area contributed by atoms with E-state index in [0.717, 1.165) is 5.56 Å². The Morgan fingerprint density at radius 2 is 1.82 bits per heavy atom. The zero-order chi connectivity index (χ0) is 19.9. The van der Waals surface area contributed by atoms with Crippen LogP contribution in [0.3, 0.4) is 0 Å². The lowest BCUT2D eigenvalue weighted by Crippen LogP contribution is -2.18. The minimum Gasteiger partial charge on any atom is -0.310 e. The van der Waals surface area contributed by atoms with E-state index in [9.17, 15) is 13.2 Å². The highest BCUT2D eigenvalue weighted by Gasteiger charge is 2.33. The zero-order valence-corrected chi connectivity index (χ0v) is 16.9. The summed E-state index contributed by atoms with van der Waals surface area (Å²) in [5.74, 6) is -0.218. The first-order valence-electron chi connectivity index (χ1n) is 8.42. The molecule has 9 heteroatoms. The lowest BCUT2D eigenvalue weighted by Gasteiger charge is -2.11. The fraction of sp³-hybridized carbons (Fsp3) is 0.158. The molecule has 1 aliphatic heterocycles. The average molecular weight is 436 g/mol. The number of carbonyl (C=O) groups is 1. The van der Waals surface area contributed by atoms with Crippen LogP contribution in [0.4, 0.5) is 5.82 Å². The van der Waals surface area contributed by atoms with Gasteiger partial charge in [0.15, 0.2) is 9.84 Å². The van der Waals surface area contributed by atoms with Gasteiger partial charge >= 0.3 is 0 Å². The summed E-state index contributed by atoms with van der Waals surface area (Å²) >= 11 is 12.0. The van der Waals surface area contributed by atoms with E-state index in [1.165, 1.54) is 4.68 Å². The second-order valence-corrected chi connectivity index (χ2v) is 9.49. The molecule has 0 spiro atoms. The number of hydrogen-bond donors (Lipinski definition) is 1. The van der Waals surface area contributed by atoms with E-state index in [1.54, 1.807) is 48.5 Å². The monoisotopic (exact) mass is 435 g/mol. The molecule has 0 aliphatic carbocycles. The number of sulfone groups is 1. The van der Waals surface area contributed by atoms with Crippen LogP contribution in [0.5, 0.6) is 0 Å². The first kappa shape index (κ1) is 19.0. The number of anilines is 1. The predicted octanol–water partition coefficient (Wildman–Crippen LogP) is 3.79. The van der Waals surface area contributed by atoms with Gasteiger partial charge in [-0.05, 0) is 35.9 Å². The summed E-state index contributed by atoms with van der Waals surface area (Å²) in [6.07, 6.45) is 0.124. The quantitative estimate of drug-likeness (QED) is 0.675. The highest BCUT2D eigenvalue weighted by molar-refractivity contribution is 7.90. The van der Waals surface area contributed by atoms with Gasteiger partial charge in [0, 0.05) is 15.6 Å². The van der Waals surface area contributed by atoms with Crippen LogP contribution in [0, 0.1) is 0 Å². The largest absolute Gasteiger partial charge is 0.310 e. The summed E-state index contributed by atoms with van der Waals surface area (Å²) in [6.45, 7) is 0. The van der Waals surface area contributed by atoms with Crippen LogP contribution >= 0.6 is 23.2 Å². The molecule has 144 valence electrons. The maximum absolute atomic E-state index is 12.6. The highest BCUT2D eigenvalue weighted by atomic mass is 35.5. The second kappa shape index (κ2) is 7.24. The Bertz CT molecular complexity index is 1170. The van der Waals surface area contributed by atoms with Gasteiger partial charge in [-0.1, -0.05) is 41.4 Å². The van der Waals surface area contributed by atoms with Crippen molar-refractivity contribution < 1.29 is 13.2 Å². The van der Waals surface area contributed by atoms with Crippen molar-refractivity contribution in [1.82, 2.24) is 9.78 Å². The van der Waals surface area contributed by atoms with Gasteiger partial charge in [0.25, 0.3) is 0 Å². The Kier molecular flexibility index (Phi) is 4.91. The Morgan fingerprint density at radius 3 is 2.54 bits per heavy atom. The maximum Gasteiger partial charge on any atom is 0.229 e. The van der Waals surface area contributed by atoms with E-state index in [-0.39, 0.29) is 23.8 Å². The molecule has 0 radical (unpaired) electrons. The van der Waals surface area contributed by atoms with Gasteiger partial charge in [0.1, 0.15) is 5.82 Å². The fourth-order valence-corrected chi connectivity index (χ4v) is 4.93. The van der Waals surface area contributed by atoms with E-state index >= 15 is 0 Å². The number of fused-ring (bicyclic) bond motifs is 1. The van der Waals surface area contributed by atoms with Crippen molar-refractivity contribution in [2.75, 3.05) is 5.32 Å². The number of nitrogens with zero attached hydrogens (tertiary/aromatic N) is 2. The van der Waals surface area contributed by atoms with Crippen molar-refractivity contribution in [1.29, 1.82) is 0 Å². The standard InChI is InChI=1S/C19H15Cl2N3O3S/c20-13-6-4-12(5-7-13)8-18(25)22-19-16-10-28(26,27)11-17(16)23-24(19)15-3-1-2-14(21)9-15/h1-7,9H,8,10-11H2,(H,22,25). The SMILES string of the molecule is O=C(Cc1ccc(Cl)cc1)Nc1c2c(nn1-c1cccc(Cl)c1)CS(=O)(=O)C2. The Balaban J connectivity index is 1.68. The fourth-order valence-electron chi connectivity index (χ4n) is 3.13. The summed E-state index contributed by atoms with van der Waals surface area (Å²) in [7, 11) is -3.26. The maximum atomic E-state index is 12.6. The highest BCUT2D eigenvalue weighted by Crippen LogP contribution is 2.33. The summed E-state index contributed by atoms with van der Waals surface area (Å²) < 4.78 is 25.6. The lowest BCUT2D eigenvalue weighted by molar-refractivity contribution is -0.115. The number of carbonyl (C=O) groups excluding carboxylic acids is 1. The van der Waals surface area contributed by atoms with Crippen LogP contribution in [-0.4, -0.2) is 24.1 Å². The molecule has 2 aromatic carbocycles. The average Bonchev–Trinajstić information content (AvgIpc) is 3.10. The Labute approximate surface area is 172 Å². The first-order chi connectivity index (χ1) is 13.3. The van der Waals surface area contributed by atoms with Crippen LogP contribution < -0.4 is 5.32 Å². The Hall–Kier alpha value is -2.35. The molecule has 0 unspecified atom stereocenters. The number of aromatic nitrogens is 2.